The third-order valence-electron chi connectivity index (χ3n) is 4.72. The molecule has 110 valence electrons. The third-order valence-corrected chi connectivity index (χ3v) is 4.72. The average Bonchev–Trinajstić information content (AvgIpc) is 2.85. The monoisotopic (exact) mass is 356 g/mol. The number of rotatable bonds is 0. The van der Waals surface area contributed by atoms with Crippen molar-refractivity contribution in [2.75, 3.05) is 0 Å². The van der Waals surface area contributed by atoms with E-state index in [1.54, 1.807) is 0 Å². The Morgan fingerprint density at radius 2 is 0.650 bits per heavy atom. The van der Waals surface area contributed by atoms with Gasteiger partial charge in [-0.3, -0.25) is 0 Å². The van der Waals surface area contributed by atoms with Crippen LogP contribution in [0.25, 0.3) is 0 Å². The second-order valence-corrected chi connectivity index (χ2v) is 6.00. The molecule has 10 radical (unpaired) electrons. The smallest absolute Gasteiger partial charge is 0 e. The molecule has 0 N–H and O–H groups in total. The van der Waals surface area contributed by atoms with E-state index in [2.05, 4.69) is 0 Å². The minimum Gasteiger partial charge on any atom is -0.0533 e. The average molecular weight is 356 g/mol. The van der Waals surface area contributed by atoms with Crippen LogP contribution in [0, 0.1) is 55.8 Å². The minimum atomic E-state index is 0. The minimum absolute atomic E-state index is 0. The molecule has 0 atom stereocenters. The first-order valence-electron chi connectivity index (χ1n) is 8.08. The number of fused-ring (bicyclic) bond motifs is 4. The van der Waals surface area contributed by atoms with E-state index in [9.17, 15) is 0 Å². The summed E-state index contributed by atoms with van der Waals surface area (Å²) in [4.78, 5) is 0. The van der Waals surface area contributed by atoms with Gasteiger partial charge in [-0.15, -0.1) is 0 Å². The normalized spacial score (nSPS) is 28.8. The molecule has 0 nitrogen and oxygen atoms in total. The fraction of sp³-hybridized carbons (Fsp3) is 0.526. The number of hydrogen-bond donors (Lipinski definition) is 0. The molecule has 4 aliphatic rings. The second-order valence-electron chi connectivity index (χ2n) is 6.00. The Bertz CT molecular complexity index is 201. The summed E-state index contributed by atoms with van der Waals surface area (Å²) < 4.78 is 0. The predicted molar refractivity (Wildman–Crippen MR) is 80.6 cm³/mol. The molecule has 1 heteroatoms. The number of hydrogen-bond acceptors (Lipinski definition) is 0. The van der Waals surface area contributed by atoms with Crippen LogP contribution in [0.4, 0.5) is 0 Å². The van der Waals surface area contributed by atoms with Crippen LogP contribution in [0.1, 0.15) is 64.2 Å². The molecule has 20 heavy (non-hydrogen) atoms. The summed E-state index contributed by atoms with van der Waals surface area (Å²) in [6.07, 6.45) is 24.4. The van der Waals surface area contributed by atoms with Crippen molar-refractivity contribution >= 4 is 0 Å². The fourth-order valence-electron chi connectivity index (χ4n) is 3.75. The maximum atomic E-state index is 2.00. The maximum Gasteiger partial charge on any atom is 0 e. The molecule has 0 aromatic carbocycles. The van der Waals surface area contributed by atoms with Gasteiger partial charge in [0.25, 0.3) is 0 Å². The molecule has 4 aliphatic carbocycles. The molecule has 0 aromatic rings. The zero-order valence-electron chi connectivity index (χ0n) is 12.3. The van der Waals surface area contributed by atoms with E-state index in [0.717, 1.165) is 0 Å². The van der Waals surface area contributed by atoms with Crippen molar-refractivity contribution in [3.05, 3.63) is 55.8 Å². The molecule has 4 rings (SSSR count). The van der Waals surface area contributed by atoms with Crippen molar-refractivity contribution in [3.63, 3.8) is 0 Å². The first kappa shape index (κ1) is 17.0. The topological polar surface area (TPSA) is 0 Å². The molecule has 0 heterocycles. The van der Waals surface area contributed by atoms with Gasteiger partial charge in [0.1, 0.15) is 0 Å². The van der Waals surface area contributed by atoms with Crippen molar-refractivity contribution < 1.29 is 19.5 Å². The summed E-state index contributed by atoms with van der Waals surface area (Å²) in [5.74, 6) is 7.28. The fourth-order valence-corrected chi connectivity index (χ4v) is 3.75. The summed E-state index contributed by atoms with van der Waals surface area (Å²) in [7, 11) is 0. The van der Waals surface area contributed by atoms with Gasteiger partial charge < -0.3 is 0 Å². The van der Waals surface area contributed by atoms with E-state index in [1.807, 2.05) is 55.8 Å². The van der Waals surface area contributed by atoms with Gasteiger partial charge in [-0.25, -0.2) is 0 Å². The van der Waals surface area contributed by atoms with Gasteiger partial charge in [0.15, 0.2) is 0 Å². The molecular formula is C19H25Rh. The molecule has 0 saturated heterocycles. The third kappa shape index (κ3) is 4.09. The van der Waals surface area contributed by atoms with Gasteiger partial charge in [-0.1, -0.05) is 38.5 Å². The van der Waals surface area contributed by atoms with Crippen LogP contribution in [0.5, 0.6) is 0 Å². The van der Waals surface area contributed by atoms with Gasteiger partial charge in [-0.05, 0) is 81.5 Å². The summed E-state index contributed by atoms with van der Waals surface area (Å²) in [5.41, 5.74) is 0. The summed E-state index contributed by atoms with van der Waals surface area (Å²) >= 11 is 0. The first-order chi connectivity index (χ1) is 9.47. The van der Waals surface area contributed by atoms with Crippen molar-refractivity contribution in [2.45, 2.75) is 64.2 Å². The van der Waals surface area contributed by atoms with Gasteiger partial charge in [0.05, 0.1) is 0 Å². The van der Waals surface area contributed by atoms with Crippen LogP contribution >= 0.6 is 0 Å². The summed E-state index contributed by atoms with van der Waals surface area (Å²) in [5, 5.41) is 0. The summed E-state index contributed by atoms with van der Waals surface area (Å²) in [6, 6.07) is 0. The molecule has 4 saturated carbocycles. The van der Waals surface area contributed by atoms with Gasteiger partial charge in [0.2, 0.25) is 0 Å². The van der Waals surface area contributed by atoms with Crippen LogP contribution < -0.4 is 0 Å². The molecule has 4 fully saturated rings. The molecule has 0 aliphatic heterocycles. The second kappa shape index (κ2) is 8.92. The van der Waals surface area contributed by atoms with E-state index in [0.29, 0.717) is 0 Å². The van der Waals surface area contributed by atoms with Crippen molar-refractivity contribution in [1.82, 2.24) is 0 Å². The van der Waals surface area contributed by atoms with Crippen LogP contribution in [-0.4, -0.2) is 0 Å². The van der Waals surface area contributed by atoms with E-state index < -0.39 is 0 Å². The van der Waals surface area contributed by atoms with Crippen LogP contribution in [-0.2, 0) is 19.5 Å². The van der Waals surface area contributed by atoms with E-state index in [4.69, 9.17) is 0 Å². The largest absolute Gasteiger partial charge is 0.0533 e. The zero-order valence-corrected chi connectivity index (χ0v) is 13.9. The van der Waals surface area contributed by atoms with Gasteiger partial charge in [0, 0.05) is 19.5 Å². The van der Waals surface area contributed by atoms with Crippen molar-refractivity contribution in [2.24, 2.45) is 0 Å². The molecule has 0 unspecified atom stereocenters. The molecule has 0 bridgehead atoms. The molecule has 0 amide bonds. The molecule has 0 aromatic heterocycles. The summed E-state index contributed by atoms with van der Waals surface area (Å²) in [6.45, 7) is 0. The Morgan fingerprint density at radius 1 is 0.400 bits per heavy atom. The van der Waals surface area contributed by atoms with Crippen LogP contribution in [0.3, 0.4) is 0 Å². The SMILES string of the molecule is C1CC[C]2[C](CC1)[C]1CCCCC[C]21.[CH]1[CH][CH][CH][CH]1.[Rh]. The quantitative estimate of drug-likeness (QED) is 0.521. The van der Waals surface area contributed by atoms with E-state index in [1.165, 1.54) is 64.2 Å². The van der Waals surface area contributed by atoms with Crippen LogP contribution in [0.2, 0.25) is 0 Å². The Labute approximate surface area is 139 Å². The van der Waals surface area contributed by atoms with Gasteiger partial charge >= 0.3 is 0 Å². The Kier molecular flexibility index (Phi) is 7.57. The molecule has 0 spiro atoms. The van der Waals surface area contributed by atoms with E-state index >= 15 is 0 Å². The van der Waals surface area contributed by atoms with Gasteiger partial charge in [-0.2, -0.15) is 0 Å². The Morgan fingerprint density at radius 3 is 0.900 bits per heavy atom. The Hall–Kier alpha value is 0.623. The van der Waals surface area contributed by atoms with Crippen LogP contribution in [0.15, 0.2) is 0 Å². The predicted octanol–water partition coefficient (Wildman–Crippen LogP) is 5.25. The van der Waals surface area contributed by atoms with Crippen molar-refractivity contribution in [1.29, 1.82) is 0 Å². The standard InChI is InChI=1S/C14H20.C5H5.Rh/c1-3-7-11-12(8-4-1)14-10-6-2-5-9-13(11)14;1-2-4-5-3-1;/h1-10H2;1-5H;. The Balaban J connectivity index is 0.000000210. The first-order valence-corrected chi connectivity index (χ1v) is 8.08. The maximum absolute atomic E-state index is 2.00. The zero-order chi connectivity index (χ0) is 12.9. The van der Waals surface area contributed by atoms with Crippen molar-refractivity contribution in [3.8, 4) is 0 Å². The van der Waals surface area contributed by atoms with E-state index in [-0.39, 0.29) is 19.5 Å². The molecular weight excluding hydrogens is 331 g/mol.